The molecule has 8 nitrogen and oxygen atoms in total. The number of hydrogen-bond acceptors (Lipinski definition) is 7. The van der Waals surface area contributed by atoms with Crippen molar-refractivity contribution in [2.24, 2.45) is 5.73 Å². The first-order chi connectivity index (χ1) is 21.0. The molecule has 0 aliphatic heterocycles. The number of aromatic nitrogens is 1. The highest BCUT2D eigenvalue weighted by Gasteiger charge is 2.15. The van der Waals surface area contributed by atoms with Crippen LogP contribution in [-0.2, 0) is 19.4 Å². The summed E-state index contributed by atoms with van der Waals surface area (Å²) in [6.07, 6.45) is 0.817. The van der Waals surface area contributed by atoms with Crippen LogP contribution in [0, 0.1) is 0 Å². The summed E-state index contributed by atoms with van der Waals surface area (Å²) < 4.78 is 11.5. The maximum atomic E-state index is 12.1. The molecule has 0 bridgehead atoms. The molecule has 0 saturated carbocycles. The lowest BCUT2D eigenvalue weighted by Gasteiger charge is -2.17. The van der Waals surface area contributed by atoms with Crippen LogP contribution in [-0.4, -0.2) is 36.8 Å². The molecule has 0 amide bonds. The summed E-state index contributed by atoms with van der Waals surface area (Å²) in [6.45, 7) is 2.02. The molecule has 222 valence electrons. The van der Waals surface area contributed by atoms with Crippen LogP contribution in [0.3, 0.4) is 0 Å². The molecule has 0 aliphatic carbocycles. The zero-order valence-corrected chi connectivity index (χ0v) is 24.3. The molecule has 0 saturated heterocycles. The smallest absolute Gasteiger partial charge is 0.248 e. The number of pyridine rings is 1. The molecule has 0 spiro atoms. The molecule has 0 fully saturated rings. The third kappa shape index (κ3) is 7.81. The zero-order valence-electron chi connectivity index (χ0n) is 24.3. The van der Waals surface area contributed by atoms with Gasteiger partial charge in [0.1, 0.15) is 18.1 Å². The van der Waals surface area contributed by atoms with Crippen LogP contribution in [0.4, 0.5) is 11.4 Å². The van der Waals surface area contributed by atoms with Gasteiger partial charge in [-0.15, -0.1) is 0 Å². The maximum absolute atomic E-state index is 12.1. The number of rotatable bonds is 14. The van der Waals surface area contributed by atoms with E-state index in [1.807, 2.05) is 48.5 Å². The minimum absolute atomic E-state index is 0.219. The van der Waals surface area contributed by atoms with Crippen LogP contribution in [0.1, 0.15) is 28.4 Å². The van der Waals surface area contributed by atoms with Gasteiger partial charge in [-0.05, 0) is 90.6 Å². The highest BCUT2D eigenvalue weighted by molar-refractivity contribution is 5.87. The zero-order chi connectivity index (χ0) is 30.0. The fourth-order valence-corrected chi connectivity index (χ4v) is 5.10. The lowest BCUT2D eigenvalue weighted by molar-refractivity contribution is 0.176. The molecule has 0 radical (unpaired) electrons. The number of nitrogens with one attached hydrogen (secondary N) is 3. The fourth-order valence-electron chi connectivity index (χ4n) is 5.10. The van der Waals surface area contributed by atoms with Gasteiger partial charge in [-0.2, -0.15) is 0 Å². The minimum atomic E-state index is -0.753. The van der Waals surface area contributed by atoms with Gasteiger partial charge >= 0.3 is 0 Å². The van der Waals surface area contributed by atoms with E-state index in [0.29, 0.717) is 37.5 Å². The second-order valence-corrected chi connectivity index (χ2v) is 10.4. The van der Waals surface area contributed by atoms with Gasteiger partial charge in [-0.1, -0.05) is 48.5 Å². The number of benzene rings is 4. The second-order valence-electron chi connectivity index (χ2n) is 10.4. The number of H-pyrrole nitrogens is 1. The van der Waals surface area contributed by atoms with E-state index in [0.717, 1.165) is 52.0 Å². The van der Waals surface area contributed by atoms with Crippen molar-refractivity contribution in [2.75, 3.05) is 32.1 Å². The number of anilines is 2. The van der Waals surface area contributed by atoms with Crippen LogP contribution in [0.15, 0.2) is 102 Å². The summed E-state index contributed by atoms with van der Waals surface area (Å²) in [6, 6.07) is 31.1. The van der Waals surface area contributed by atoms with Gasteiger partial charge < -0.3 is 35.9 Å². The number of aliphatic hydroxyl groups is 1. The van der Waals surface area contributed by atoms with E-state index in [-0.39, 0.29) is 5.56 Å². The van der Waals surface area contributed by atoms with Gasteiger partial charge in [-0.25, -0.2) is 0 Å². The summed E-state index contributed by atoms with van der Waals surface area (Å²) in [5, 5.41) is 18.6. The standard InChI is InChI=1S/C35H38N4O4/c1-42-32-14-11-28(21-26(32)17-19-36)38-27-9-7-24(8-10-27)18-20-37-22-31(40)29-12-15-33(35-30(29)13-16-34(41)39-35)43-23-25-5-3-2-4-6-25/h2-16,21,31,37-38,40H,17-20,22-23,36H2,1H3,(H,39,41)/t31-/m0/s1. The summed E-state index contributed by atoms with van der Waals surface area (Å²) >= 11 is 0. The topological polar surface area (TPSA) is 122 Å². The predicted octanol–water partition coefficient (Wildman–Crippen LogP) is 5.23. The number of ether oxygens (including phenoxy) is 2. The van der Waals surface area contributed by atoms with Crippen molar-refractivity contribution >= 4 is 22.3 Å². The van der Waals surface area contributed by atoms with E-state index in [1.54, 1.807) is 19.2 Å². The molecule has 4 aromatic carbocycles. The van der Waals surface area contributed by atoms with Gasteiger partial charge in [0.15, 0.2) is 0 Å². The highest BCUT2D eigenvalue weighted by atomic mass is 16.5. The normalized spacial score (nSPS) is 11.8. The van der Waals surface area contributed by atoms with Crippen molar-refractivity contribution in [3.63, 3.8) is 0 Å². The Bertz CT molecular complexity index is 1690. The second kappa shape index (κ2) is 14.5. The molecule has 6 N–H and O–H groups in total. The summed E-state index contributed by atoms with van der Waals surface area (Å²) in [5.74, 6) is 1.42. The SMILES string of the molecule is COc1ccc(Nc2ccc(CCNC[C@H](O)c3ccc(OCc4ccccc4)c4[nH]c(=O)ccc34)cc2)cc1CCN. The quantitative estimate of drug-likeness (QED) is 0.115. The monoisotopic (exact) mass is 578 g/mol. The summed E-state index contributed by atoms with van der Waals surface area (Å²) in [4.78, 5) is 15.0. The molecule has 1 heterocycles. The molecule has 8 heteroatoms. The number of aromatic amines is 1. The minimum Gasteiger partial charge on any atom is -0.496 e. The number of aliphatic hydroxyl groups excluding tert-OH is 1. The van der Waals surface area contributed by atoms with Crippen LogP contribution in [0.2, 0.25) is 0 Å². The Hall–Kier alpha value is -4.63. The molecular weight excluding hydrogens is 540 g/mol. The molecule has 5 aromatic rings. The summed E-state index contributed by atoms with van der Waals surface area (Å²) in [5.41, 5.74) is 12.1. The Labute approximate surface area is 251 Å². The van der Waals surface area contributed by atoms with Crippen LogP contribution >= 0.6 is 0 Å². The Morgan fingerprint density at radius 2 is 1.63 bits per heavy atom. The van der Waals surface area contributed by atoms with Crippen molar-refractivity contribution in [3.8, 4) is 11.5 Å². The highest BCUT2D eigenvalue weighted by Crippen LogP contribution is 2.30. The molecule has 5 rings (SSSR count). The molecule has 43 heavy (non-hydrogen) atoms. The van der Waals surface area contributed by atoms with E-state index >= 15 is 0 Å². The van der Waals surface area contributed by atoms with Crippen molar-refractivity contribution in [3.05, 3.63) is 130 Å². The van der Waals surface area contributed by atoms with Crippen molar-refractivity contribution in [1.82, 2.24) is 10.3 Å². The molecular formula is C35H38N4O4. The Kier molecular flexibility index (Phi) is 10.1. The molecule has 1 atom stereocenters. The van der Waals surface area contributed by atoms with E-state index in [2.05, 4.69) is 45.9 Å². The lowest BCUT2D eigenvalue weighted by Crippen LogP contribution is -2.24. The number of nitrogens with two attached hydrogens (primary N) is 1. The first-order valence-corrected chi connectivity index (χ1v) is 14.5. The van der Waals surface area contributed by atoms with Gasteiger partial charge in [0.05, 0.1) is 18.7 Å². The van der Waals surface area contributed by atoms with Crippen molar-refractivity contribution < 1.29 is 14.6 Å². The maximum Gasteiger partial charge on any atom is 0.248 e. The number of methoxy groups -OCH3 is 1. The third-order valence-electron chi connectivity index (χ3n) is 7.35. The Balaban J connectivity index is 1.15. The van der Waals surface area contributed by atoms with Crippen molar-refractivity contribution in [1.29, 1.82) is 0 Å². The average Bonchev–Trinajstić information content (AvgIpc) is 3.03. The fraction of sp³-hybridized carbons (Fsp3) is 0.229. The van der Waals surface area contributed by atoms with Crippen LogP contribution in [0.25, 0.3) is 10.9 Å². The first kappa shape index (κ1) is 29.8. The predicted molar refractivity (Wildman–Crippen MR) is 172 cm³/mol. The van der Waals surface area contributed by atoms with E-state index in [9.17, 15) is 9.90 Å². The van der Waals surface area contributed by atoms with Gasteiger partial charge in [0.25, 0.3) is 0 Å². The van der Waals surface area contributed by atoms with E-state index < -0.39 is 6.10 Å². The van der Waals surface area contributed by atoms with Crippen LogP contribution < -0.4 is 31.4 Å². The van der Waals surface area contributed by atoms with Gasteiger partial charge in [-0.3, -0.25) is 4.79 Å². The lowest BCUT2D eigenvalue weighted by atomic mass is 10.0. The average molecular weight is 579 g/mol. The molecule has 0 unspecified atom stereocenters. The molecule has 0 aliphatic rings. The number of fused-ring (bicyclic) bond motifs is 1. The van der Waals surface area contributed by atoms with Crippen LogP contribution in [0.5, 0.6) is 11.5 Å². The van der Waals surface area contributed by atoms with E-state index in [1.165, 1.54) is 11.6 Å². The third-order valence-corrected chi connectivity index (χ3v) is 7.35. The summed E-state index contributed by atoms with van der Waals surface area (Å²) in [7, 11) is 1.67. The van der Waals surface area contributed by atoms with Gasteiger partial charge in [0, 0.05) is 29.4 Å². The van der Waals surface area contributed by atoms with Gasteiger partial charge in [0.2, 0.25) is 5.56 Å². The largest absolute Gasteiger partial charge is 0.496 e. The van der Waals surface area contributed by atoms with Crippen molar-refractivity contribution in [2.45, 2.75) is 25.6 Å². The Morgan fingerprint density at radius 3 is 2.40 bits per heavy atom. The number of hydrogen-bond donors (Lipinski definition) is 5. The first-order valence-electron chi connectivity index (χ1n) is 14.5. The van der Waals surface area contributed by atoms with E-state index in [4.69, 9.17) is 15.2 Å². The Morgan fingerprint density at radius 1 is 0.860 bits per heavy atom. The molecule has 1 aromatic heterocycles.